The number of nitrogens with zero attached hydrogens (tertiary/aromatic N) is 2. The maximum absolute atomic E-state index is 11.7. The number of nitrogens with one attached hydrogen (secondary N) is 2. The molecule has 0 saturated carbocycles. The number of carbonyl (C=O) groups is 1. The third kappa shape index (κ3) is 5.67. The van der Waals surface area contributed by atoms with Gasteiger partial charge in [-0.1, -0.05) is 6.07 Å². The predicted octanol–water partition coefficient (Wildman–Crippen LogP) is 3.08. The largest absolute Gasteiger partial charge is 0.489 e. The molecule has 6 nitrogen and oxygen atoms in total. The second kappa shape index (κ2) is 8.39. The number of hydrogen-bond donors (Lipinski definition) is 2. The molecule has 0 aliphatic carbocycles. The minimum atomic E-state index is -0.336. The number of ether oxygens (including phenoxy) is 1. The van der Waals surface area contributed by atoms with Crippen LogP contribution in [0.2, 0.25) is 0 Å². The van der Waals surface area contributed by atoms with Crippen molar-refractivity contribution in [1.29, 1.82) is 5.26 Å². The highest BCUT2D eigenvalue weighted by atomic mass is 16.5. The summed E-state index contributed by atoms with van der Waals surface area (Å²) in [4.78, 5) is 15.7. The predicted molar refractivity (Wildman–Crippen MR) is 86.9 cm³/mol. The first-order valence-corrected chi connectivity index (χ1v) is 7.23. The first kappa shape index (κ1) is 16.3. The van der Waals surface area contributed by atoms with Gasteiger partial charge >= 0.3 is 6.03 Å². The average molecular weight is 310 g/mol. The number of anilines is 1. The SMILES string of the molecule is CC(CC#N)NC(=O)Nc1ccc(OCc2cccnc2)cc1. The fraction of sp³-hybridized carbons (Fsp3) is 0.235. The number of nitriles is 1. The number of pyridine rings is 1. The van der Waals surface area contributed by atoms with Crippen molar-refractivity contribution in [3.8, 4) is 11.8 Å². The first-order valence-electron chi connectivity index (χ1n) is 7.23. The average Bonchev–Trinajstić information content (AvgIpc) is 2.55. The van der Waals surface area contributed by atoms with Crippen LogP contribution in [0, 0.1) is 11.3 Å². The van der Waals surface area contributed by atoms with Crippen LogP contribution < -0.4 is 15.4 Å². The zero-order chi connectivity index (χ0) is 16.5. The normalized spacial score (nSPS) is 11.1. The number of rotatable bonds is 6. The Labute approximate surface area is 135 Å². The van der Waals surface area contributed by atoms with Gasteiger partial charge in [0.15, 0.2) is 0 Å². The number of urea groups is 1. The minimum Gasteiger partial charge on any atom is -0.489 e. The van der Waals surface area contributed by atoms with E-state index in [0.717, 1.165) is 5.56 Å². The molecule has 2 rings (SSSR count). The van der Waals surface area contributed by atoms with E-state index in [-0.39, 0.29) is 18.5 Å². The van der Waals surface area contributed by atoms with Gasteiger partial charge in [0, 0.05) is 29.7 Å². The summed E-state index contributed by atoms with van der Waals surface area (Å²) in [6.45, 7) is 2.21. The fourth-order valence-corrected chi connectivity index (χ4v) is 1.86. The van der Waals surface area contributed by atoms with Crippen LogP contribution >= 0.6 is 0 Å². The second-order valence-electron chi connectivity index (χ2n) is 5.04. The van der Waals surface area contributed by atoms with Gasteiger partial charge in [-0.05, 0) is 37.3 Å². The van der Waals surface area contributed by atoms with E-state index in [1.165, 1.54) is 0 Å². The monoisotopic (exact) mass is 310 g/mol. The molecule has 0 aliphatic heterocycles. The Hall–Kier alpha value is -3.07. The number of benzene rings is 1. The lowest BCUT2D eigenvalue weighted by Gasteiger charge is -2.12. The van der Waals surface area contributed by atoms with Gasteiger partial charge in [0.05, 0.1) is 12.5 Å². The van der Waals surface area contributed by atoms with Gasteiger partial charge in [-0.25, -0.2) is 4.79 Å². The van der Waals surface area contributed by atoms with E-state index in [4.69, 9.17) is 10.00 Å². The summed E-state index contributed by atoms with van der Waals surface area (Å²) in [5.74, 6) is 0.706. The zero-order valence-corrected chi connectivity index (χ0v) is 12.8. The molecule has 1 heterocycles. The van der Waals surface area contributed by atoms with Gasteiger partial charge in [-0.2, -0.15) is 5.26 Å². The van der Waals surface area contributed by atoms with Gasteiger partial charge in [0.1, 0.15) is 12.4 Å². The Kier molecular flexibility index (Phi) is 5.95. The van der Waals surface area contributed by atoms with Crippen LogP contribution in [0.3, 0.4) is 0 Å². The minimum absolute atomic E-state index is 0.193. The Morgan fingerprint density at radius 1 is 1.35 bits per heavy atom. The van der Waals surface area contributed by atoms with Crippen molar-refractivity contribution >= 4 is 11.7 Å². The van der Waals surface area contributed by atoms with Gasteiger partial charge < -0.3 is 15.4 Å². The third-order valence-corrected chi connectivity index (χ3v) is 3.02. The topological polar surface area (TPSA) is 87.0 Å². The van der Waals surface area contributed by atoms with Crippen molar-refractivity contribution in [2.75, 3.05) is 5.32 Å². The molecule has 1 unspecified atom stereocenters. The van der Waals surface area contributed by atoms with Crippen molar-refractivity contribution in [3.63, 3.8) is 0 Å². The molecule has 0 spiro atoms. The van der Waals surface area contributed by atoms with Crippen molar-refractivity contribution in [3.05, 3.63) is 54.4 Å². The molecule has 0 fully saturated rings. The summed E-state index contributed by atoms with van der Waals surface area (Å²) < 4.78 is 5.64. The molecule has 0 bridgehead atoms. The maximum Gasteiger partial charge on any atom is 0.319 e. The number of amides is 2. The lowest BCUT2D eigenvalue weighted by molar-refractivity contribution is 0.249. The van der Waals surface area contributed by atoms with E-state index in [9.17, 15) is 4.79 Å². The van der Waals surface area contributed by atoms with E-state index in [1.807, 2.05) is 18.2 Å². The van der Waals surface area contributed by atoms with Crippen LogP contribution in [0.1, 0.15) is 18.9 Å². The smallest absolute Gasteiger partial charge is 0.319 e. The fourth-order valence-electron chi connectivity index (χ4n) is 1.86. The molecular weight excluding hydrogens is 292 g/mol. The van der Waals surface area contributed by atoms with Crippen LogP contribution in [-0.4, -0.2) is 17.1 Å². The molecule has 1 aromatic heterocycles. The van der Waals surface area contributed by atoms with Crippen molar-refractivity contribution < 1.29 is 9.53 Å². The number of aromatic nitrogens is 1. The molecular formula is C17H18N4O2. The van der Waals surface area contributed by atoms with E-state index in [1.54, 1.807) is 43.6 Å². The second-order valence-corrected chi connectivity index (χ2v) is 5.04. The first-order chi connectivity index (χ1) is 11.2. The summed E-state index contributed by atoms with van der Waals surface area (Å²) in [6.07, 6.45) is 3.74. The van der Waals surface area contributed by atoms with Crippen LogP contribution in [0.4, 0.5) is 10.5 Å². The van der Waals surface area contributed by atoms with E-state index >= 15 is 0 Å². The zero-order valence-electron chi connectivity index (χ0n) is 12.8. The Balaban J connectivity index is 1.82. The van der Waals surface area contributed by atoms with Crippen LogP contribution in [0.15, 0.2) is 48.8 Å². The van der Waals surface area contributed by atoms with Crippen LogP contribution in [0.5, 0.6) is 5.75 Å². The molecule has 2 N–H and O–H groups in total. The molecule has 0 radical (unpaired) electrons. The molecule has 0 saturated heterocycles. The molecule has 2 aromatic rings. The highest BCUT2D eigenvalue weighted by Gasteiger charge is 2.06. The highest BCUT2D eigenvalue weighted by molar-refractivity contribution is 5.89. The molecule has 2 amide bonds. The highest BCUT2D eigenvalue weighted by Crippen LogP contribution is 2.17. The van der Waals surface area contributed by atoms with Crippen LogP contribution in [0.25, 0.3) is 0 Å². The van der Waals surface area contributed by atoms with E-state index < -0.39 is 0 Å². The van der Waals surface area contributed by atoms with Crippen molar-refractivity contribution in [2.24, 2.45) is 0 Å². The van der Waals surface area contributed by atoms with Crippen molar-refractivity contribution in [1.82, 2.24) is 10.3 Å². The lowest BCUT2D eigenvalue weighted by atomic mass is 10.2. The lowest BCUT2D eigenvalue weighted by Crippen LogP contribution is -2.35. The Morgan fingerprint density at radius 3 is 2.78 bits per heavy atom. The standard InChI is InChI=1S/C17H18N4O2/c1-13(8-9-18)20-17(22)21-15-4-6-16(7-5-15)23-12-14-3-2-10-19-11-14/h2-7,10-11,13H,8,12H2,1H3,(H2,20,21,22). The number of hydrogen-bond acceptors (Lipinski definition) is 4. The molecule has 1 aromatic carbocycles. The van der Waals surface area contributed by atoms with E-state index in [2.05, 4.69) is 15.6 Å². The van der Waals surface area contributed by atoms with E-state index in [0.29, 0.717) is 18.0 Å². The van der Waals surface area contributed by atoms with Gasteiger partial charge in [0.2, 0.25) is 0 Å². The summed E-state index contributed by atoms with van der Waals surface area (Å²) in [5, 5.41) is 14.0. The molecule has 6 heteroatoms. The molecule has 0 aliphatic rings. The third-order valence-electron chi connectivity index (χ3n) is 3.02. The summed E-state index contributed by atoms with van der Waals surface area (Å²) in [6, 6.07) is 12.4. The quantitative estimate of drug-likeness (QED) is 0.858. The molecule has 23 heavy (non-hydrogen) atoms. The van der Waals surface area contributed by atoms with Crippen molar-refractivity contribution in [2.45, 2.75) is 26.0 Å². The summed E-state index contributed by atoms with van der Waals surface area (Å²) in [7, 11) is 0. The molecule has 1 atom stereocenters. The van der Waals surface area contributed by atoms with Gasteiger partial charge in [-0.3, -0.25) is 4.98 Å². The Bertz CT molecular complexity index is 665. The van der Waals surface area contributed by atoms with Gasteiger partial charge in [-0.15, -0.1) is 0 Å². The van der Waals surface area contributed by atoms with Crippen LogP contribution in [-0.2, 0) is 6.61 Å². The number of carbonyl (C=O) groups excluding carboxylic acids is 1. The summed E-state index contributed by atoms with van der Waals surface area (Å²) >= 11 is 0. The summed E-state index contributed by atoms with van der Waals surface area (Å²) in [5.41, 5.74) is 1.64. The molecule has 118 valence electrons. The maximum atomic E-state index is 11.7. The van der Waals surface area contributed by atoms with Gasteiger partial charge in [0.25, 0.3) is 0 Å². The Morgan fingerprint density at radius 2 is 2.13 bits per heavy atom.